The van der Waals surface area contributed by atoms with Crippen molar-refractivity contribution in [3.8, 4) is 0 Å². The maximum Gasteiger partial charge on any atom is 1.00 e. The van der Waals surface area contributed by atoms with Crippen LogP contribution in [0.15, 0.2) is 0 Å². The summed E-state index contributed by atoms with van der Waals surface area (Å²) >= 11 is 0. The summed E-state index contributed by atoms with van der Waals surface area (Å²) in [5, 5.41) is 9.21. The van der Waals surface area contributed by atoms with Crippen LogP contribution in [0.4, 0.5) is 0 Å². The molecule has 0 fully saturated rings. The van der Waals surface area contributed by atoms with E-state index in [4.69, 9.17) is 0 Å². The zero-order chi connectivity index (χ0) is 20.4. The minimum Gasteiger partial charge on any atom is -0.748 e. The molecule has 0 aliphatic heterocycles. The number of aliphatic hydroxyl groups excluding tert-OH is 1. The molecule has 6 heteroatoms. The Morgan fingerprint density at radius 1 is 0.643 bits per heavy atom. The van der Waals surface area contributed by atoms with Gasteiger partial charge < -0.3 is 9.66 Å². The molecule has 2 atom stereocenters. The van der Waals surface area contributed by atoms with Crippen LogP contribution in [-0.4, -0.2) is 29.4 Å². The van der Waals surface area contributed by atoms with Crippen molar-refractivity contribution < 1.29 is 47.6 Å². The molecule has 28 heavy (non-hydrogen) atoms. The molecule has 2 unspecified atom stereocenters. The molecule has 0 aliphatic rings. The summed E-state index contributed by atoms with van der Waals surface area (Å²) in [5.74, 6) is 0. The van der Waals surface area contributed by atoms with Crippen molar-refractivity contribution in [3.05, 3.63) is 0 Å². The molecule has 0 spiro atoms. The summed E-state index contributed by atoms with van der Waals surface area (Å²) in [4.78, 5) is 0. The first-order valence-electron chi connectivity index (χ1n) is 11.5. The maximum atomic E-state index is 11.3. The Morgan fingerprint density at radius 2 is 0.964 bits per heavy atom. The first-order valence-corrected chi connectivity index (χ1v) is 13.0. The molecule has 0 aromatic carbocycles. The number of hydrogen-bond acceptors (Lipinski definition) is 4. The van der Waals surface area contributed by atoms with Crippen molar-refractivity contribution in [1.82, 2.24) is 0 Å². The second kappa shape index (κ2) is 21.1. The number of aliphatic hydroxyl groups is 1. The smallest absolute Gasteiger partial charge is 0.748 e. The van der Waals surface area contributed by atoms with Gasteiger partial charge in [-0.25, -0.2) is 8.42 Å². The van der Waals surface area contributed by atoms with Crippen LogP contribution >= 0.6 is 0 Å². The van der Waals surface area contributed by atoms with Gasteiger partial charge in [0.15, 0.2) is 0 Å². The molecule has 0 saturated carbocycles. The van der Waals surface area contributed by atoms with Crippen LogP contribution in [-0.2, 0) is 10.1 Å². The van der Waals surface area contributed by atoms with Crippen LogP contribution < -0.4 is 29.6 Å². The van der Waals surface area contributed by atoms with Crippen molar-refractivity contribution in [1.29, 1.82) is 0 Å². The molecule has 164 valence electrons. The fourth-order valence-electron chi connectivity index (χ4n) is 3.64. The summed E-state index contributed by atoms with van der Waals surface area (Å²) in [5.41, 5.74) is 0. The molecule has 0 aliphatic carbocycles. The third kappa shape index (κ3) is 20.2. The van der Waals surface area contributed by atoms with Gasteiger partial charge in [-0.15, -0.1) is 0 Å². The minimum atomic E-state index is -4.14. The summed E-state index contributed by atoms with van der Waals surface area (Å²) in [6.07, 6.45) is 18.2. The van der Waals surface area contributed by atoms with Crippen LogP contribution in [0.25, 0.3) is 0 Å². The van der Waals surface area contributed by atoms with E-state index in [0.717, 1.165) is 64.2 Å². The Labute approximate surface area is 197 Å². The van der Waals surface area contributed by atoms with Gasteiger partial charge in [0.05, 0.1) is 16.2 Å². The van der Waals surface area contributed by atoms with Crippen LogP contribution in [0, 0.1) is 0 Å². The Balaban J connectivity index is 0. The first-order chi connectivity index (χ1) is 12.9. The van der Waals surface area contributed by atoms with E-state index in [1.54, 1.807) is 0 Å². The van der Waals surface area contributed by atoms with Gasteiger partial charge in [0, 0.05) is 5.25 Å². The van der Waals surface area contributed by atoms with E-state index in [1.807, 2.05) is 0 Å². The van der Waals surface area contributed by atoms with Crippen molar-refractivity contribution in [2.75, 3.05) is 0 Å². The summed E-state index contributed by atoms with van der Waals surface area (Å²) in [6.45, 7) is 4.26. The minimum absolute atomic E-state index is 0. The SMILES string of the molecule is CCCCCC(O)CCCCCCCCCCC(CCCCC)S(=O)(=O)[O-].[Na+]. The fourth-order valence-corrected chi connectivity index (χ4v) is 4.55. The molecule has 0 aromatic heterocycles. The molecule has 0 heterocycles. The van der Waals surface area contributed by atoms with E-state index in [2.05, 4.69) is 13.8 Å². The number of hydrogen-bond donors (Lipinski definition) is 1. The predicted octanol–water partition coefficient (Wildman–Crippen LogP) is 3.33. The summed E-state index contributed by atoms with van der Waals surface area (Å²) < 4.78 is 34.0. The Morgan fingerprint density at radius 3 is 1.36 bits per heavy atom. The summed E-state index contributed by atoms with van der Waals surface area (Å²) in [7, 11) is -4.14. The monoisotopic (exact) mass is 428 g/mol. The van der Waals surface area contributed by atoms with E-state index in [0.29, 0.717) is 12.8 Å². The van der Waals surface area contributed by atoms with Crippen LogP contribution in [0.5, 0.6) is 0 Å². The van der Waals surface area contributed by atoms with E-state index < -0.39 is 15.4 Å². The zero-order valence-electron chi connectivity index (χ0n) is 19.0. The van der Waals surface area contributed by atoms with Crippen LogP contribution in [0.2, 0.25) is 0 Å². The third-order valence-corrected chi connectivity index (χ3v) is 6.78. The van der Waals surface area contributed by atoms with Gasteiger partial charge >= 0.3 is 29.6 Å². The van der Waals surface area contributed by atoms with Crippen molar-refractivity contribution in [2.45, 2.75) is 141 Å². The first kappa shape index (κ1) is 31.1. The average molecular weight is 429 g/mol. The predicted molar refractivity (Wildman–Crippen MR) is 114 cm³/mol. The Kier molecular flexibility index (Phi) is 23.4. The molecular formula is C22H45NaO4S. The van der Waals surface area contributed by atoms with Gasteiger partial charge in [-0.2, -0.15) is 0 Å². The summed E-state index contributed by atoms with van der Waals surface area (Å²) in [6, 6.07) is 0. The third-order valence-electron chi connectivity index (χ3n) is 5.49. The normalized spacial score (nSPS) is 13.9. The largest absolute Gasteiger partial charge is 1.00 e. The van der Waals surface area contributed by atoms with E-state index in [9.17, 15) is 18.1 Å². The Hall–Kier alpha value is 0.870. The molecule has 1 N–H and O–H groups in total. The fraction of sp³-hybridized carbons (Fsp3) is 1.00. The topological polar surface area (TPSA) is 77.4 Å². The average Bonchev–Trinajstić information content (AvgIpc) is 2.61. The van der Waals surface area contributed by atoms with E-state index >= 15 is 0 Å². The van der Waals surface area contributed by atoms with Crippen LogP contribution in [0.1, 0.15) is 129 Å². The van der Waals surface area contributed by atoms with E-state index in [-0.39, 0.29) is 35.7 Å². The van der Waals surface area contributed by atoms with Gasteiger partial charge in [-0.3, -0.25) is 0 Å². The van der Waals surface area contributed by atoms with Crippen LogP contribution in [0.3, 0.4) is 0 Å². The molecule has 0 saturated heterocycles. The zero-order valence-corrected chi connectivity index (χ0v) is 21.8. The van der Waals surface area contributed by atoms with Crippen molar-refractivity contribution >= 4 is 10.1 Å². The van der Waals surface area contributed by atoms with Crippen molar-refractivity contribution in [3.63, 3.8) is 0 Å². The quantitative estimate of drug-likeness (QED) is 0.183. The van der Waals surface area contributed by atoms with Gasteiger partial charge in [0.1, 0.15) is 0 Å². The van der Waals surface area contributed by atoms with Gasteiger partial charge in [0.2, 0.25) is 0 Å². The molecule has 4 nitrogen and oxygen atoms in total. The maximum absolute atomic E-state index is 11.3. The van der Waals surface area contributed by atoms with Gasteiger partial charge in [-0.1, -0.05) is 104 Å². The second-order valence-corrected chi connectivity index (χ2v) is 9.82. The molecule has 0 bridgehead atoms. The van der Waals surface area contributed by atoms with E-state index in [1.165, 1.54) is 38.5 Å². The molecule has 0 amide bonds. The molecular weight excluding hydrogens is 383 g/mol. The molecule has 0 aromatic rings. The van der Waals surface area contributed by atoms with Crippen molar-refractivity contribution in [2.24, 2.45) is 0 Å². The van der Waals surface area contributed by atoms with Gasteiger partial charge in [-0.05, 0) is 25.7 Å². The second-order valence-electron chi connectivity index (χ2n) is 8.17. The van der Waals surface area contributed by atoms with Gasteiger partial charge in [0.25, 0.3) is 0 Å². The number of unbranched alkanes of at least 4 members (excludes halogenated alkanes) is 11. The molecule has 0 radical (unpaired) electrons. The Bertz CT molecular complexity index is 415. The standard InChI is InChI=1S/C22H46O4S.Na/c1-3-5-13-17-21(23)18-15-11-9-7-8-10-12-16-20-22(27(24,25)26)19-14-6-4-2;/h21-23H,3-20H2,1-2H3,(H,24,25,26);/q;+1/p-1. The number of rotatable bonds is 20. The molecule has 0 rings (SSSR count).